The normalized spacial score (nSPS) is 10.7. The Morgan fingerprint density at radius 2 is 1.85 bits per heavy atom. The summed E-state index contributed by atoms with van der Waals surface area (Å²) in [4.78, 5) is 15.1. The molecule has 0 aliphatic carbocycles. The van der Waals surface area contributed by atoms with E-state index >= 15 is 0 Å². The summed E-state index contributed by atoms with van der Waals surface area (Å²) in [5, 5.41) is 11.7. The number of aromatic nitrogens is 1. The maximum absolute atomic E-state index is 14.6. The summed E-state index contributed by atoms with van der Waals surface area (Å²) in [5.41, 5.74) is 1.35. The highest BCUT2D eigenvalue weighted by Crippen LogP contribution is 2.31. The highest BCUT2D eigenvalue weighted by molar-refractivity contribution is 6.30. The zero-order valence-corrected chi connectivity index (χ0v) is 15.0. The number of benzene rings is 2. The monoisotopic (exact) mass is 388 g/mol. The van der Waals surface area contributed by atoms with Crippen molar-refractivity contribution in [3.63, 3.8) is 0 Å². The van der Waals surface area contributed by atoms with Gasteiger partial charge < -0.3 is 10.4 Å². The van der Waals surface area contributed by atoms with Gasteiger partial charge in [0, 0.05) is 6.20 Å². The largest absolute Gasteiger partial charge is 0.478 e. The van der Waals surface area contributed by atoms with Crippen molar-refractivity contribution in [2.45, 2.75) is 13.3 Å². The Bertz CT molecular complexity index is 1000. The first kappa shape index (κ1) is 18.8. The van der Waals surface area contributed by atoms with Gasteiger partial charge in [-0.2, -0.15) is 0 Å². The van der Waals surface area contributed by atoms with E-state index in [1.807, 2.05) is 25.1 Å². The Morgan fingerprint density at radius 1 is 1.15 bits per heavy atom. The lowest BCUT2D eigenvalue weighted by Gasteiger charge is -2.12. The Morgan fingerprint density at radius 3 is 2.48 bits per heavy atom. The van der Waals surface area contributed by atoms with Gasteiger partial charge in [-0.3, -0.25) is 0 Å². The highest BCUT2D eigenvalue weighted by Gasteiger charge is 2.18. The summed E-state index contributed by atoms with van der Waals surface area (Å²) < 4.78 is 29.1. The van der Waals surface area contributed by atoms with Gasteiger partial charge in [-0.1, -0.05) is 42.8 Å². The SMILES string of the molecule is CCc1cccc(-c2cc(F)c(Nc3ncc(Cl)cc3C(=O)O)c(F)c2)c1. The fraction of sp³-hybridized carbons (Fsp3) is 0.100. The maximum atomic E-state index is 14.6. The van der Waals surface area contributed by atoms with E-state index in [-0.39, 0.29) is 16.4 Å². The van der Waals surface area contributed by atoms with Gasteiger partial charge in [0.1, 0.15) is 28.7 Å². The van der Waals surface area contributed by atoms with Crippen molar-refractivity contribution >= 4 is 29.1 Å². The third-order valence-corrected chi connectivity index (χ3v) is 4.25. The first-order valence-corrected chi connectivity index (χ1v) is 8.51. The van der Waals surface area contributed by atoms with Crippen molar-refractivity contribution in [3.05, 3.63) is 76.4 Å². The number of nitrogens with zero attached hydrogens (tertiary/aromatic N) is 1. The zero-order chi connectivity index (χ0) is 19.6. The van der Waals surface area contributed by atoms with Crippen molar-refractivity contribution in [2.24, 2.45) is 0 Å². The van der Waals surface area contributed by atoms with Crippen molar-refractivity contribution in [1.29, 1.82) is 0 Å². The predicted molar refractivity (Wildman–Crippen MR) is 101 cm³/mol. The molecule has 0 bridgehead atoms. The van der Waals surface area contributed by atoms with Crippen LogP contribution in [0.25, 0.3) is 11.1 Å². The number of carbonyl (C=O) groups is 1. The molecular weight excluding hydrogens is 374 g/mol. The number of nitrogens with one attached hydrogen (secondary N) is 1. The Balaban J connectivity index is 2.00. The van der Waals surface area contributed by atoms with Crippen LogP contribution >= 0.6 is 11.6 Å². The average Bonchev–Trinajstić information content (AvgIpc) is 2.65. The molecule has 0 radical (unpaired) electrons. The second-order valence-corrected chi connectivity index (χ2v) is 6.29. The minimum atomic E-state index is -1.32. The van der Waals surface area contributed by atoms with Gasteiger partial charge in [0.05, 0.1) is 5.02 Å². The molecule has 0 amide bonds. The molecule has 27 heavy (non-hydrogen) atoms. The average molecular weight is 389 g/mol. The quantitative estimate of drug-likeness (QED) is 0.590. The van der Waals surface area contributed by atoms with E-state index in [0.29, 0.717) is 11.1 Å². The number of anilines is 2. The number of halogens is 3. The lowest BCUT2D eigenvalue weighted by molar-refractivity contribution is 0.0697. The van der Waals surface area contributed by atoms with E-state index in [0.717, 1.165) is 18.1 Å². The number of aryl methyl sites for hydroxylation is 1. The summed E-state index contributed by atoms with van der Waals surface area (Å²) in [6.07, 6.45) is 2.00. The Labute approximate surface area is 159 Å². The van der Waals surface area contributed by atoms with E-state index in [1.165, 1.54) is 18.3 Å². The summed E-state index contributed by atoms with van der Waals surface area (Å²) in [6.45, 7) is 1.99. The molecule has 1 heterocycles. The smallest absolute Gasteiger partial charge is 0.339 e. The van der Waals surface area contributed by atoms with E-state index in [4.69, 9.17) is 11.6 Å². The number of aromatic carboxylic acids is 1. The number of hydrogen-bond acceptors (Lipinski definition) is 3. The van der Waals surface area contributed by atoms with E-state index in [1.54, 1.807) is 6.07 Å². The fourth-order valence-electron chi connectivity index (χ4n) is 2.65. The van der Waals surface area contributed by atoms with Crippen LogP contribution in [0.1, 0.15) is 22.8 Å². The molecule has 3 rings (SSSR count). The molecule has 1 aromatic heterocycles. The second kappa shape index (κ2) is 7.72. The molecule has 0 fully saturated rings. The first-order valence-electron chi connectivity index (χ1n) is 8.13. The van der Waals surface area contributed by atoms with Crippen LogP contribution in [0, 0.1) is 11.6 Å². The van der Waals surface area contributed by atoms with Crippen LogP contribution < -0.4 is 5.32 Å². The predicted octanol–water partition coefficient (Wildman–Crippen LogP) is 5.68. The van der Waals surface area contributed by atoms with Crippen LogP contribution in [0.5, 0.6) is 0 Å². The van der Waals surface area contributed by atoms with Crippen molar-refractivity contribution in [1.82, 2.24) is 4.98 Å². The van der Waals surface area contributed by atoms with Gasteiger partial charge in [-0.05, 0) is 41.3 Å². The van der Waals surface area contributed by atoms with Crippen LogP contribution in [0.3, 0.4) is 0 Å². The van der Waals surface area contributed by atoms with Gasteiger partial charge in [0.15, 0.2) is 0 Å². The lowest BCUT2D eigenvalue weighted by atomic mass is 10.0. The molecule has 0 spiro atoms. The molecule has 0 atom stereocenters. The first-order chi connectivity index (χ1) is 12.9. The lowest BCUT2D eigenvalue weighted by Crippen LogP contribution is -2.07. The van der Waals surface area contributed by atoms with Crippen molar-refractivity contribution < 1.29 is 18.7 Å². The molecule has 0 aliphatic rings. The molecule has 0 unspecified atom stereocenters. The number of carboxylic acid groups (broad SMARTS) is 1. The number of hydrogen-bond donors (Lipinski definition) is 2. The number of pyridine rings is 1. The summed E-state index contributed by atoms with van der Waals surface area (Å²) in [5.74, 6) is -3.24. The molecule has 2 aromatic carbocycles. The van der Waals surface area contributed by atoms with Gasteiger partial charge in [0.25, 0.3) is 0 Å². The number of rotatable bonds is 5. The standard InChI is InChI=1S/C20H15ClF2N2O2/c1-2-11-4-3-5-12(6-11)13-7-16(22)18(17(23)8-13)25-19-15(20(26)27)9-14(21)10-24-19/h3-10H,2H2,1H3,(H,24,25)(H,26,27). The minimum absolute atomic E-state index is 0.102. The van der Waals surface area contributed by atoms with Gasteiger partial charge in [-0.25, -0.2) is 18.6 Å². The minimum Gasteiger partial charge on any atom is -0.478 e. The van der Waals surface area contributed by atoms with E-state index < -0.39 is 23.3 Å². The Hall–Kier alpha value is -2.99. The van der Waals surface area contributed by atoms with Crippen LogP contribution in [-0.2, 0) is 6.42 Å². The van der Waals surface area contributed by atoms with E-state index in [2.05, 4.69) is 10.3 Å². The van der Waals surface area contributed by atoms with E-state index in [9.17, 15) is 18.7 Å². The topological polar surface area (TPSA) is 62.2 Å². The number of carboxylic acids is 1. The fourth-order valence-corrected chi connectivity index (χ4v) is 2.81. The Kier molecular flexibility index (Phi) is 5.37. The maximum Gasteiger partial charge on any atom is 0.339 e. The van der Waals surface area contributed by atoms with Crippen LogP contribution in [-0.4, -0.2) is 16.1 Å². The van der Waals surface area contributed by atoms with Crippen molar-refractivity contribution in [3.8, 4) is 11.1 Å². The van der Waals surface area contributed by atoms with Crippen LogP contribution in [0.2, 0.25) is 5.02 Å². The molecule has 7 heteroatoms. The third kappa shape index (κ3) is 4.06. The molecule has 2 N–H and O–H groups in total. The molecule has 3 aromatic rings. The molecule has 0 saturated carbocycles. The van der Waals surface area contributed by atoms with Gasteiger partial charge in [-0.15, -0.1) is 0 Å². The zero-order valence-electron chi connectivity index (χ0n) is 14.3. The third-order valence-electron chi connectivity index (χ3n) is 4.04. The molecular formula is C20H15ClF2N2O2. The van der Waals surface area contributed by atoms with Crippen LogP contribution in [0.15, 0.2) is 48.7 Å². The molecule has 4 nitrogen and oxygen atoms in total. The van der Waals surface area contributed by atoms with Gasteiger partial charge >= 0.3 is 5.97 Å². The highest BCUT2D eigenvalue weighted by atomic mass is 35.5. The molecule has 138 valence electrons. The van der Waals surface area contributed by atoms with Crippen molar-refractivity contribution in [2.75, 3.05) is 5.32 Å². The summed E-state index contributed by atoms with van der Waals surface area (Å²) >= 11 is 5.74. The molecule has 0 aliphatic heterocycles. The summed E-state index contributed by atoms with van der Waals surface area (Å²) in [7, 11) is 0. The summed E-state index contributed by atoms with van der Waals surface area (Å²) in [6, 6.07) is 10.9. The van der Waals surface area contributed by atoms with Gasteiger partial charge in [0.2, 0.25) is 0 Å². The van der Waals surface area contributed by atoms with Crippen LogP contribution in [0.4, 0.5) is 20.3 Å². The molecule has 0 saturated heterocycles. The second-order valence-electron chi connectivity index (χ2n) is 5.85.